The predicted molar refractivity (Wildman–Crippen MR) is 69.4 cm³/mol. The lowest BCUT2D eigenvalue weighted by Crippen LogP contribution is -2.09. The average Bonchev–Trinajstić information content (AvgIpc) is 2.91. The van der Waals surface area contributed by atoms with Crippen LogP contribution in [0.1, 0.15) is 27.9 Å². The quantitative estimate of drug-likeness (QED) is 0.351. The Labute approximate surface area is 118 Å². The summed E-state index contributed by atoms with van der Waals surface area (Å²) in [6.07, 6.45) is 0.424. The fourth-order valence-corrected chi connectivity index (χ4v) is 1.65. The number of non-ortho nitro benzene ring substituents is 1. The molecule has 0 N–H and O–H groups in total. The lowest BCUT2D eigenvalue weighted by molar-refractivity contribution is -0.384. The highest BCUT2D eigenvalue weighted by Gasteiger charge is 2.21. The van der Waals surface area contributed by atoms with E-state index in [0.29, 0.717) is 12.0 Å². The van der Waals surface area contributed by atoms with Crippen molar-refractivity contribution in [1.82, 2.24) is 15.0 Å². The van der Waals surface area contributed by atoms with Gasteiger partial charge in [0.05, 0.1) is 17.2 Å². The Morgan fingerprint density at radius 1 is 1.43 bits per heavy atom. The van der Waals surface area contributed by atoms with Crippen LogP contribution >= 0.6 is 0 Å². The van der Waals surface area contributed by atoms with Crippen LogP contribution in [0.15, 0.2) is 24.3 Å². The molecule has 0 aliphatic heterocycles. The monoisotopic (exact) mass is 290 g/mol. The molecule has 2 rings (SSSR count). The molecule has 0 bridgehead atoms. The third-order valence-corrected chi connectivity index (χ3v) is 2.59. The minimum Gasteiger partial charge on any atom is -0.461 e. The smallest absolute Gasteiger partial charge is 0.361 e. The molecule has 9 nitrogen and oxygen atoms in total. The molecule has 0 saturated heterocycles. The first kappa shape index (κ1) is 14.3. The van der Waals surface area contributed by atoms with E-state index in [1.807, 2.05) is 0 Å². The van der Waals surface area contributed by atoms with Gasteiger partial charge in [-0.2, -0.15) is 0 Å². The maximum atomic E-state index is 11.6. The zero-order valence-corrected chi connectivity index (χ0v) is 10.9. The number of nitro groups is 1. The van der Waals surface area contributed by atoms with E-state index in [1.54, 1.807) is 6.92 Å². The van der Waals surface area contributed by atoms with Gasteiger partial charge < -0.3 is 4.74 Å². The number of nitro benzene ring substituents is 1. The predicted octanol–water partition coefficient (Wildman–Crippen LogP) is 1.16. The Balaban J connectivity index is 2.42. The first-order chi connectivity index (χ1) is 10.1. The van der Waals surface area contributed by atoms with Crippen molar-refractivity contribution in [2.75, 3.05) is 6.61 Å². The molecule has 0 fully saturated rings. The third-order valence-electron chi connectivity index (χ3n) is 2.59. The highest BCUT2D eigenvalue weighted by Crippen LogP contribution is 2.17. The molecule has 1 heterocycles. The third kappa shape index (κ3) is 2.76. The van der Waals surface area contributed by atoms with Crippen LogP contribution in [0.3, 0.4) is 0 Å². The van der Waals surface area contributed by atoms with E-state index >= 15 is 0 Å². The molecule has 1 aromatic heterocycles. The number of esters is 1. The largest absolute Gasteiger partial charge is 0.461 e. The number of carbonyl (C=O) groups is 2. The van der Waals surface area contributed by atoms with E-state index in [-0.39, 0.29) is 23.7 Å². The van der Waals surface area contributed by atoms with Crippen molar-refractivity contribution >= 4 is 17.9 Å². The number of aromatic nitrogens is 3. The van der Waals surface area contributed by atoms with Crippen molar-refractivity contribution in [3.8, 4) is 5.69 Å². The van der Waals surface area contributed by atoms with Crippen LogP contribution in [0.2, 0.25) is 0 Å². The standard InChI is InChI=1S/C12H10N4O5/c1-2-21-12(18)11-10(7-17)15(14-13-11)8-3-5-9(6-4-8)16(19)20/h3-7H,2H2,1H3. The maximum Gasteiger partial charge on any atom is 0.361 e. The normalized spacial score (nSPS) is 10.1. The van der Waals surface area contributed by atoms with Gasteiger partial charge in [0.15, 0.2) is 6.29 Å². The second kappa shape index (κ2) is 5.90. The van der Waals surface area contributed by atoms with E-state index < -0.39 is 10.9 Å². The van der Waals surface area contributed by atoms with Gasteiger partial charge >= 0.3 is 5.97 Å². The number of hydrogen-bond donors (Lipinski definition) is 0. The van der Waals surface area contributed by atoms with Crippen LogP contribution in [0.25, 0.3) is 5.69 Å². The zero-order valence-electron chi connectivity index (χ0n) is 10.9. The van der Waals surface area contributed by atoms with E-state index in [1.165, 1.54) is 24.3 Å². The highest BCUT2D eigenvalue weighted by molar-refractivity contribution is 5.95. The molecule has 2 aromatic rings. The molecule has 0 unspecified atom stereocenters. The van der Waals surface area contributed by atoms with Crippen LogP contribution in [-0.2, 0) is 4.74 Å². The van der Waals surface area contributed by atoms with Gasteiger partial charge in [0, 0.05) is 12.1 Å². The van der Waals surface area contributed by atoms with Crippen molar-refractivity contribution in [1.29, 1.82) is 0 Å². The topological polar surface area (TPSA) is 117 Å². The second-order valence-electron chi connectivity index (χ2n) is 3.85. The SMILES string of the molecule is CCOC(=O)c1nnn(-c2ccc([N+](=O)[O-])cc2)c1C=O. The van der Waals surface area contributed by atoms with Gasteiger partial charge in [-0.15, -0.1) is 5.10 Å². The number of nitrogens with zero attached hydrogens (tertiary/aromatic N) is 4. The van der Waals surface area contributed by atoms with Crippen LogP contribution in [-0.4, -0.2) is 38.8 Å². The molecule has 0 aliphatic rings. The van der Waals surface area contributed by atoms with Gasteiger partial charge in [-0.25, -0.2) is 9.48 Å². The van der Waals surface area contributed by atoms with E-state index in [2.05, 4.69) is 10.3 Å². The second-order valence-corrected chi connectivity index (χ2v) is 3.85. The van der Waals surface area contributed by atoms with Crippen LogP contribution in [0.5, 0.6) is 0 Å². The molecule has 0 radical (unpaired) electrons. The molecule has 21 heavy (non-hydrogen) atoms. The molecule has 1 aromatic carbocycles. The van der Waals surface area contributed by atoms with Gasteiger partial charge in [-0.05, 0) is 19.1 Å². The lowest BCUT2D eigenvalue weighted by atomic mass is 10.2. The summed E-state index contributed by atoms with van der Waals surface area (Å²) >= 11 is 0. The summed E-state index contributed by atoms with van der Waals surface area (Å²) in [4.78, 5) is 32.8. The van der Waals surface area contributed by atoms with Gasteiger partial charge in [-0.1, -0.05) is 5.21 Å². The summed E-state index contributed by atoms with van der Waals surface area (Å²) in [6, 6.07) is 5.31. The summed E-state index contributed by atoms with van der Waals surface area (Å²) in [5, 5.41) is 17.9. The first-order valence-electron chi connectivity index (χ1n) is 5.91. The number of aldehydes is 1. The highest BCUT2D eigenvalue weighted by atomic mass is 16.6. The van der Waals surface area contributed by atoms with Crippen molar-refractivity contribution in [3.05, 3.63) is 45.8 Å². The average molecular weight is 290 g/mol. The fourth-order valence-electron chi connectivity index (χ4n) is 1.65. The fraction of sp³-hybridized carbons (Fsp3) is 0.167. The van der Waals surface area contributed by atoms with E-state index in [9.17, 15) is 19.7 Å². The Hall–Kier alpha value is -3.10. The minimum atomic E-state index is -0.757. The molecule has 0 atom stereocenters. The lowest BCUT2D eigenvalue weighted by Gasteiger charge is -2.02. The number of rotatable bonds is 5. The zero-order chi connectivity index (χ0) is 15.4. The Bertz CT molecular complexity index is 692. The van der Waals surface area contributed by atoms with Crippen LogP contribution < -0.4 is 0 Å². The molecular formula is C12H10N4O5. The van der Waals surface area contributed by atoms with Crippen LogP contribution in [0, 0.1) is 10.1 Å². The molecule has 0 spiro atoms. The number of benzene rings is 1. The summed E-state index contributed by atoms with van der Waals surface area (Å²) in [7, 11) is 0. The number of ether oxygens (including phenoxy) is 1. The molecular weight excluding hydrogens is 280 g/mol. The molecule has 0 amide bonds. The molecule has 0 saturated carbocycles. The van der Waals surface area contributed by atoms with Gasteiger partial charge in [0.2, 0.25) is 5.69 Å². The van der Waals surface area contributed by atoms with Crippen molar-refractivity contribution in [3.63, 3.8) is 0 Å². The Morgan fingerprint density at radius 3 is 2.62 bits per heavy atom. The summed E-state index contributed by atoms with van der Waals surface area (Å²) in [5.41, 5.74) is -0.0182. The Kier molecular flexibility index (Phi) is 4.02. The number of hydrogen-bond acceptors (Lipinski definition) is 7. The minimum absolute atomic E-state index is 0.0812. The summed E-state index contributed by atoms with van der Waals surface area (Å²) in [6.45, 7) is 1.76. The summed E-state index contributed by atoms with van der Waals surface area (Å²) < 4.78 is 5.88. The molecule has 9 heteroatoms. The van der Waals surface area contributed by atoms with Crippen molar-refractivity contribution in [2.45, 2.75) is 6.92 Å². The van der Waals surface area contributed by atoms with Gasteiger partial charge in [0.1, 0.15) is 5.69 Å². The van der Waals surface area contributed by atoms with Gasteiger partial charge in [-0.3, -0.25) is 14.9 Å². The molecule has 108 valence electrons. The van der Waals surface area contributed by atoms with Crippen molar-refractivity contribution < 1.29 is 19.2 Å². The summed E-state index contributed by atoms with van der Waals surface area (Å²) in [5.74, 6) is -0.757. The van der Waals surface area contributed by atoms with Crippen LogP contribution in [0.4, 0.5) is 5.69 Å². The Morgan fingerprint density at radius 2 is 2.10 bits per heavy atom. The molecule has 0 aliphatic carbocycles. The van der Waals surface area contributed by atoms with Crippen molar-refractivity contribution in [2.24, 2.45) is 0 Å². The maximum absolute atomic E-state index is 11.6. The van der Waals surface area contributed by atoms with E-state index in [0.717, 1.165) is 4.68 Å². The number of carbonyl (C=O) groups excluding carboxylic acids is 2. The first-order valence-corrected chi connectivity index (χ1v) is 5.91. The van der Waals surface area contributed by atoms with E-state index in [4.69, 9.17) is 4.74 Å². The van der Waals surface area contributed by atoms with Gasteiger partial charge in [0.25, 0.3) is 5.69 Å².